The molecule has 0 radical (unpaired) electrons. The zero-order chi connectivity index (χ0) is 9.68. The Morgan fingerprint density at radius 3 is 2.62 bits per heavy atom. The van der Waals surface area contributed by atoms with Crippen LogP contribution in [0.2, 0.25) is 0 Å². The summed E-state index contributed by atoms with van der Waals surface area (Å²) in [5.74, 6) is 2.58. The first-order valence-corrected chi connectivity index (χ1v) is 5.64. The van der Waals surface area contributed by atoms with Crippen molar-refractivity contribution >= 4 is 0 Å². The second-order valence-electron chi connectivity index (χ2n) is 4.65. The van der Waals surface area contributed by atoms with Gasteiger partial charge in [-0.15, -0.1) is 0 Å². The van der Waals surface area contributed by atoms with E-state index < -0.39 is 0 Å². The molecule has 0 aromatic heterocycles. The quantitative estimate of drug-likeness (QED) is 0.590. The molecule has 0 spiro atoms. The molecule has 13 heavy (non-hydrogen) atoms. The molecular weight excluding hydrogens is 160 g/mol. The zero-order valence-electron chi connectivity index (χ0n) is 9.05. The molecule has 1 aliphatic rings. The molecule has 1 aliphatic carbocycles. The molecular formula is C11H24N2. The Bertz CT molecular complexity index is 132. The normalized spacial score (nSPS) is 21.5. The van der Waals surface area contributed by atoms with E-state index in [-0.39, 0.29) is 0 Å². The van der Waals surface area contributed by atoms with E-state index >= 15 is 0 Å². The first-order valence-electron chi connectivity index (χ1n) is 5.64. The van der Waals surface area contributed by atoms with Gasteiger partial charge in [-0.2, -0.15) is 0 Å². The maximum atomic E-state index is 5.54. The summed E-state index contributed by atoms with van der Waals surface area (Å²) >= 11 is 0. The van der Waals surface area contributed by atoms with Crippen LogP contribution in [0.1, 0.15) is 33.1 Å². The van der Waals surface area contributed by atoms with E-state index in [9.17, 15) is 0 Å². The van der Waals surface area contributed by atoms with Crippen LogP contribution in [0.3, 0.4) is 0 Å². The van der Waals surface area contributed by atoms with Crippen molar-refractivity contribution in [3.63, 3.8) is 0 Å². The number of nitrogens with one attached hydrogen (secondary N) is 1. The van der Waals surface area contributed by atoms with Crippen molar-refractivity contribution in [2.24, 2.45) is 23.5 Å². The minimum absolute atomic E-state index is 0.670. The minimum Gasteiger partial charge on any atom is -0.330 e. The Hall–Kier alpha value is -0.0800. The fourth-order valence-electron chi connectivity index (χ4n) is 1.63. The Morgan fingerprint density at radius 1 is 1.38 bits per heavy atom. The second kappa shape index (κ2) is 5.61. The molecule has 0 aromatic carbocycles. The average molecular weight is 184 g/mol. The van der Waals surface area contributed by atoms with Crippen LogP contribution in [0.25, 0.3) is 0 Å². The molecule has 2 nitrogen and oxygen atoms in total. The van der Waals surface area contributed by atoms with Crippen LogP contribution in [-0.2, 0) is 0 Å². The van der Waals surface area contributed by atoms with Gasteiger partial charge in [-0.05, 0) is 56.7 Å². The van der Waals surface area contributed by atoms with E-state index in [1.54, 1.807) is 0 Å². The summed E-state index contributed by atoms with van der Waals surface area (Å²) in [6, 6.07) is 0. The molecule has 0 heterocycles. The number of nitrogens with two attached hydrogens (primary N) is 1. The summed E-state index contributed by atoms with van der Waals surface area (Å²) in [5, 5.41) is 3.52. The smallest absolute Gasteiger partial charge is 0.00205 e. The van der Waals surface area contributed by atoms with Crippen LogP contribution in [0.5, 0.6) is 0 Å². The van der Waals surface area contributed by atoms with Gasteiger partial charge in [-0.1, -0.05) is 13.8 Å². The van der Waals surface area contributed by atoms with Gasteiger partial charge in [-0.25, -0.2) is 0 Å². The van der Waals surface area contributed by atoms with Crippen molar-refractivity contribution in [2.75, 3.05) is 19.6 Å². The van der Waals surface area contributed by atoms with Gasteiger partial charge in [0, 0.05) is 0 Å². The fraction of sp³-hybridized carbons (Fsp3) is 1.00. The van der Waals surface area contributed by atoms with Gasteiger partial charge in [0.25, 0.3) is 0 Å². The maximum Gasteiger partial charge on any atom is -0.00205 e. The molecule has 0 bridgehead atoms. The van der Waals surface area contributed by atoms with Crippen LogP contribution in [0, 0.1) is 17.8 Å². The van der Waals surface area contributed by atoms with Crippen molar-refractivity contribution in [1.82, 2.24) is 5.32 Å². The lowest BCUT2D eigenvalue weighted by Crippen LogP contribution is -2.25. The molecule has 0 saturated heterocycles. The third kappa shape index (κ3) is 4.63. The zero-order valence-corrected chi connectivity index (χ0v) is 9.05. The highest BCUT2D eigenvalue weighted by Gasteiger charge is 2.27. The lowest BCUT2D eigenvalue weighted by Gasteiger charge is -2.13. The predicted molar refractivity (Wildman–Crippen MR) is 57.6 cm³/mol. The van der Waals surface area contributed by atoms with Gasteiger partial charge in [0.15, 0.2) is 0 Å². The van der Waals surface area contributed by atoms with E-state index in [4.69, 9.17) is 5.73 Å². The number of hydrogen-bond acceptors (Lipinski definition) is 2. The first kappa shape index (κ1) is 11.0. The highest BCUT2D eigenvalue weighted by atomic mass is 14.9. The molecule has 3 N–H and O–H groups in total. The monoisotopic (exact) mass is 184 g/mol. The molecule has 0 aromatic rings. The van der Waals surface area contributed by atoms with E-state index in [0.717, 1.165) is 24.9 Å². The third-order valence-corrected chi connectivity index (χ3v) is 3.11. The average Bonchev–Trinajstić information content (AvgIpc) is 2.94. The van der Waals surface area contributed by atoms with E-state index in [2.05, 4.69) is 19.2 Å². The van der Waals surface area contributed by atoms with Crippen LogP contribution >= 0.6 is 0 Å². The predicted octanol–water partition coefficient (Wildman–Crippen LogP) is 1.61. The van der Waals surface area contributed by atoms with Crippen LogP contribution < -0.4 is 11.1 Å². The molecule has 0 amide bonds. The van der Waals surface area contributed by atoms with Crippen molar-refractivity contribution in [1.29, 1.82) is 0 Å². The van der Waals surface area contributed by atoms with Gasteiger partial charge >= 0.3 is 0 Å². The highest BCUT2D eigenvalue weighted by molar-refractivity contribution is 4.79. The molecule has 0 aliphatic heterocycles. The van der Waals surface area contributed by atoms with Gasteiger partial charge in [0.2, 0.25) is 0 Å². The maximum absolute atomic E-state index is 5.54. The summed E-state index contributed by atoms with van der Waals surface area (Å²) in [4.78, 5) is 0. The SMILES string of the molecule is CC(CN)CCNCC(C)C1CC1. The van der Waals surface area contributed by atoms with Gasteiger partial charge in [0.05, 0.1) is 0 Å². The molecule has 2 atom stereocenters. The number of hydrogen-bond donors (Lipinski definition) is 2. The van der Waals surface area contributed by atoms with Gasteiger partial charge in [-0.3, -0.25) is 0 Å². The summed E-state index contributed by atoms with van der Waals surface area (Å²) in [6.45, 7) is 7.72. The first-order chi connectivity index (χ1) is 6.24. The number of rotatable bonds is 7. The van der Waals surface area contributed by atoms with Crippen molar-refractivity contribution in [3.8, 4) is 0 Å². The standard InChI is InChI=1S/C11H24N2/c1-9(7-12)5-6-13-8-10(2)11-3-4-11/h9-11,13H,3-8,12H2,1-2H3. The van der Waals surface area contributed by atoms with Crippen molar-refractivity contribution in [3.05, 3.63) is 0 Å². The fourth-order valence-corrected chi connectivity index (χ4v) is 1.63. The topological polar surface area (TPSA) is 38.0 Å². The van der Waals surface area contributed by atoms with E-state index in [0.29, 0.717) is 5.92 Å². The van der Waals surface area contributed by atoms with Gasteiger partial charge in [0.1, 0.15) is 0 Å². The van der Waals surface area contributed by atoms with E-state index in [1.807, 2.05) is 0 Å². The van der Waals surface area contributed by atoms with Crippen LogP contribution in [0.15, 0.2) is 0 Å². The Labute approximate surface area is 82.3 Å². The second-order valence-corrected chi connectivity index (χ2v) is 4.65. The Morgan fingerprint density at radius 2 is 2.08 bits per heavy atom. The van der Waals surface area contributed by atoms with Crippen LogP contribution in [-0.4, -0.2) is 19.6 Å². The Kier molecular flexibility index (Phi) is 4.74. The van der Waals surface area contributed by atoms with Crippen LogP contribution in [0.4, 0.5) is 0 Å². The highest BCUT2D eigenvalue weighted by Crippen LogP contribution is 2.35. The van der Waals surface area contributed by atoms with Crippen molar-refractivity contribution < 1.29 is 0 Å². The lowest BCUT2D eigenvalue weighted by molar-refractivity contribution is 0.437. The summed E-state index contributed by atoms with van der Waals surface area (Å²) in [5.41, 5.74) is 5.54. The van der Waals surface area contributed by atoms with E-state index in [1.165, 1.54) is 25.8 Å². The lowest BCUT2D eigenvalue weighted by atomic mass is 10.1. The van der Waals surface area contributed by atoms with Crippen molar-refractivity contribution in [2.45, 2.75) is 33.1 Å². The largest absolute Gasteiger partial charge is 0.330 e. The van der Waals surface area contributed by atoms with Gasteiger partial charge < -0.3 is 11.1 Å². The molecule has 1 saturated carbocycles. The molecule has 2 unspecified atom stereocenters. The molecule has 1 fully saturated rings. The molecule has 1 rings (SSSR count). The summed E-state index contributed by atoms with van der Waals surface area (Å²) in [7, 11) is 0. The summed E-state index contributed by atoms with van der Waals surface area (Å²) in [6.07, 6.45) is 4.14. The molecule has 2 heteroatoms. The minimum atomic E-state index is 0.670. The third-order valence-electron chi connectivity index (χ3n) is 3.11. The Balaban J connectivity index is 1.88. The molecule has 78 valence electrons. The summed E-state index contributed by atoms with van der Waals surface area (Å²) < 4.78 is 0.